The van der Waals surface area contributed by atoms with Gasteiger partial charge in [0.05, 0.1) is 4.88 Å². The second-order valence-corrected chi connectivity index (χ2v) is 4.69. The Hall–Kier alpha value is -1.40. The normalized spacial score (nSPS) is 12.1. The van der Waals surface area contributed by atoms with Crippen LogP contribution in [0.4, 0.5) is 0 Å². The Labute approximate surface area is 110 Å². The maximum atomic E-state index is 12.0. The molecule has 0 aliphatic rings. The minimum absolute atomic E-state index is 0.254. The summed E-state index contributed by atoms with van der Waals surface area (Å²) in [5.41, 5.74) is 0.938. The molecule has 1 atom stereocenters. The van der Waals surface area contributed by atoms with Crippen molar-refractivity contribution in [3.05, 3.63) is 21.9 Å². The first-order valence-electron chi connectivity index (χ1n) is 5.69. The minimum Gasteiger partial charge on any atom is -0.480 e. The molecule has 0 fully saturated rings. The summed E-state index contributed by atoms with van der Waals surface area (Å²) >= 11 is 1.32. The molecule has 0 aliphatic heterocycles. The first kappa shape index (κ1) is 14.7. The summed E-state index contributed by atoms with van der Waals surface area (Å²) in [4.78, 5) is 23.5. The van der Waals surface area contributed by atoms with Crippen LogP contribution >= 0.6 is 11.3 Å². The number of aliphatic carboxylic acids is 1. The van der Waals surface area contributed by atoms with E-state index in [1.807, 2.05) is 18.4 Å². The van der Waals surface area contributed by atoms with Crippen LogP contribution in [0.2, 0.25) is 0 Å². The number of carbonyl (C=O) groups excluding carboxylic acids is 1. The number of thiophene rings is 1. The van der Waals surface area contributed by atoms with Gasteiger partial charge in [-0.25, -0.2) is 4.79 Å². The van der Waals surface area contributed by atoms with Crippen molar-refractivity contribution in [3.63, 3.8) is 0 Å². The van der Waals surface area contributed by atoms with Crippen molar-refractivity contribution >= 4 is 23.2 Å². The molecule has 1 aromatic heterocycles. The summed E-state index contributed by atoms with van der Waals surface area (Å²) in [6.45, 7) is 2.25. The third-order valence-electron chi connectivity index (χ3n) is 2.55. The van der Waals surface area contributed by atoms with Gasteiger partial charge in [-0.2, -0.15) is 0 Å². The Morgan fingerprint density at radius 1 is 1.56 bits per heavy atom. The van der Waals surface area contributed by atoms with Crippen LogP contribution in [0.5, 0.6) is 0 Å². The van der Waals surface area contributed by atoms with Gasteiger partial charge in [-0.05, 0) is 23.4 Å². The molecular weight excluding hydrogens is 254 g/mol. The van der Waals surface area contributed by atoms with Gasteiger partial charge in [0.15, 0.2) is 0 Å². The molecule has 0 bridgehead atoms. The van der Waals surface area contributed by atoms with Crippen LogP contribution in [0.25, 0.3) is 0 Å². The summed E-state index contributed by atoms with van der Waals surface area (Å²) in [5, 5.41) is 13.4. The lowest BCUT2D eigenvalue weighted by Gasteiger charge is -2.13. The molecule has 1 amide bonds. The summed E-state index contributed by atoms with van der Waals surface area (Å²) in [7, 11) is 1.50. The molecule has 0 saturated heterocycles. The SMILES string of the molecule is CCc1ccsc1C(=O)NC(CCOC)C(=O)O. The van der Waals surface area contributed by atoms with Crippen LogP contribution in [0.3, 0.4) is 0 Å². The van der Waals surface area contributed by atoms with Gasteiger partial charge in [-0.1, -0.05) is 6.92 Å². The second kappa shape index (κ2) is 7.13. The van der Waals surface area contributed by atoms with Crippen molar-refractivity contribution in [2.75, 3.05) is 13.7 Å². The number of nitrogens with one attached hydrogen (secondary N) is 1. The van der Waals surface area contributed by atoms with E-state index >= 15 is 0 Å². The van der Waals surface area contributed by atoms with Gasteiger partial charge in [-0.3, -0.25) is 4.79 Å². The van der Waals surface area contributed by atoms with Crippen molar-refractivity contribution in [2.24, 2.45) is 0 Å². The second-order valence-electron chi connectivity index (χ2n) is 3.77. The number of carbonyl (C=O) groups is 2. The van der Waals surface area contributed by atoms with Gasteiger partial charge in [0, 0.05) is 20.1 Å². The van der Waals surface area contributed by atoms with Crippen LogP contribution in [0.1, 0.15) is 28.6 Å². The summed E-state index contributed by atoms with van der Waals surface area (Å²) in [5.74, 6) is -1.37. The van der Waals surface area contributed by atoms with Crippen molar-refractivity contribution in [3.8, 4) is 0 Å². The molecule has 0 aliphatic carbocycles. The lowest BCUT2D eigenvalue weighted by Crippen LogP contribution is -2.41. The van der Waals surface area contributed by atoms with Gasteiger partial charge >= 0.3 is 5.97 Å². The lowest BCUT2D eigenvalue weighted by atomic mass is 10.1. The van der Waals surface area contributed by atoms with E-state index in [4.69, 9.17) is 9.84 Å². The summed E-state index contributed by atoms with van der Waals surface area (Å²) < 4.78 is 4.83. The first-order chi connectivity index (χ1) is 8.60. The van der Waals surface area contributed by atoms with Crippen LogP contribution < -0.4 is 5.32 Å². The molecular formula is C12H17NO4S. The molecule has 1 heterocycles. The van der Waals surface area contributed by atoms with E-state index in [0.717, 1.165) is 12.0 Å². The summed E-state index contributed by atoms with van der Waals surface area (Å²) in [6, 6.07) is 0.967. The third-order valence-corrected chi connectivity index (χ3v) is 3.50. The molecule has 2 N–H and O–H groups in total. The molecule has 0 spiro atoms. The number of hydrogen-bond donors (Lipinski definition) is 2. The van der Waals surface area contributed by atoms with Gasteiger partial charge in [0.2, 0.25) is 0 Å². The fourth-order valence-corrected chi connectivity index (χ4v) is 2.43. The highest BCUT2D eigenvalue weighted by atomic mass is 32.1. The van der Waals surface area contributed by atoms with Crippen molar-refractivity contribution in [1.29, 1.82) is 0 Å². The van der Waals surface area contributed by atoms with Crippen LogP contribution in [-0.2, 0) is 16.0 Å². The van der Waals surface area contributed by atoms with Crippen molar-refractivity contribution < 1.29 is 19.4 Å². The number of methoxy groups -OCH3 is 1. The van der Waals surface area contributed by atoms with Gasteiger partial charge in [0.1, 0.15) is 6.04 Å². The molecule has 6 heteroatoms. The predicted molar refractivity (Wildman–Crippen MR) is 69.1 cm³/mol. The average molecular weight is 271 g/mol. The average Bonchev–Trinajstić information content (AvgIpc) is 2.82. The number of hydrogen-bond acceptors (Lipinski definition) is 4. The van der Waals surface area contributed by atoms with E-state index in [2.05, 4.69) is 5.32 Å². The van der Waals surface area contributed by atoms with Crippen LogP contribution in [0.15, 0.2) is 11.4 Å². The molecule has 1 unspecified atom stereocenters. The zero-order chi connectivity index (χ0) is 13.5. The Bertz CT molecular complexity index is 416. The fraction of sp³-hybridized carbons (Fsp3) is 0.500. The maximum Gasteiger partial charge on any atom is 0.326 e. The Morgan fingerprint density at radius 2 is 2.28 bits per heavy atom. The number of rotatable bonds is 7. The number of amides is 1. The molecule has 1 rings (SSSR count). The predicted octanol–water partition coefficient (Wildman–Crippen LogP) is 1.53. The molecule has 1 aromatic rings. The quantitative estimate of drug-likeness (QED) is 0.788. The van der Waals surface area contributed by atoms with Crippen molar-refractivity contribution in [1.82, 2.24) is 5.32 Å². The molecule has 5 nitrogen and oxygen atoms in total. The lowest BCUT2D eigenvalue weighted by molar-refractivity contribution is -0.139. The zero-order valence-corrected chi connectivity index (χ0v) is 11.3. The van der Waals surface area contributed by atoms with E-state index < -0.39 is 12.0 Å². The van der Waals surface area contributed by atoms with E-state index in [0.29, 0.717) is 11.5 Å². The number of aryl methyl sites for hydroxylation is 1. The van der Waals surface area contributed by atoms with Gasteiger partial charge < -0.3 is 15.2 Å². The largest absolute Gasteiger partial charge is 0.480 e. The minimum atomic E-state index is -1.05. The summed E-state index contributed by atoms with van der Waals surface area (Å²) in [6.07, 6.45) is 1.01. The number of carboxylic acid groups (broad SMARTS) is 1. The molecule has 0 saturated carbocycles. The van der Waals surface area contributed by atoms with E-state index in [9.17, 15) is 9.59 Å². The highest BCUT2D eigenvalue weighted by Gasteiger charge is 2.22. The smallest absolute Gasteiger partial charge is 0.326 e. The Balaban J connectivity index is 2.69. The Morgan fingerprint density at radius 3 is 2.83 bits per heavy atom. The van der Waals surface area contributed by atoms with Gasteiger partial charge in [-0.15, -0.1) is 11.3 Å². The third kappa shape index (κ3) is 3.82. The highest BCUT2D eigenvalue weighted by molar-refractivity contribution is 7.12. The van der Waals surface area contributed by atoms with Crippen molar-refractivity contribution in [2.45, 2.75) is 25.8 Å². The van der Waals surface area contributed by atoms with Crippen LogP contribution in [-0.4, -0.2) is 36.7 Å². The maximum absolute atomic E-state index is 12.0. The molecule has 0 radical (unpaired) electrons. The highest BCUT2D eigenvalue weighted by Crippen LogP contribution is 2.17. The first-order valence-corrected chi connectivity index (χ1v) is 6.57. The number of carboxylic acids is 1. The standard InChI is InChI=1S/C12H17NO4S/c1-3-8-5-7-18-10(8)11(14)13-9(12(15)16)4-6-17-2/h5,7,9H,3-4,6H2,1-2H3,(H,13,14)(H,15,16). The topological polar surface area (TPSA) is 75.6 Å². The van der Waals surface area contributed by atoms with Gasteiger partial charge in [0.25, 0.3) is 5.91 Å². The number of ether oxygens (including phenoxy) is 1. The van der Waals surface area contributed by atoms with E-state index in [-0.39, 0.29) is 12.3 Å². The monoisotopic (exact) mass is 271 g/mol. The molecule has 0 aromatic carbocycles. The molecule has 100 valence electrons. The fourth-order valence-electron chi connectivity index (χ4n) is 1.53. The van der Waals surface area contributed by atoms with E-state index in [1.54, 1.807) is 0 Å². The molecule has 18 heavy (non-hydrogen) atoms. The van der Waals surface area contributed by atoms with E-state index in [1.165, 1.54) is 18.4 Å². The zero-order valence-electron chi connectivity index (χ0n) is 10.4. The van der Waals surface area contributed by atoms with Crippen LogP contribution in [0, 0.1) is 0 Å². The Kier molecular flexibility index (Phi) is 5.80.